The first-order valence-electron chi connectivity index (χ1n) is 13.3. The highest BCUT2D eigenvalue weighted by molar-refractivity contribution is 5.95. The summed E-state index contributed by atoms with van der Waals surface area (Å²) in [7, 11) is 0. The van der Waals surface area contributed by atoms with Crippen molar-refractivity contribution in [3.63, 3.8) is 0 Å². The van der Waals surface area contributed by atoms with E-state index < -0.39 is 0 Å². The Kier molecular flexibility index (Phi) is 9.35. The van der Waals surface area contributed by atoms with Gasteiger partial charge >= 0.3 is 0 Å². The quantitative estimate of drug-likeness (QED) is 0.494. The van der Waals surface area contributed by atoms with Crippen LogP contribution in [0.15, 0.2) is 48.5 Å². The van der Waals surface area contributed by atoms with E-state index in [0.29, 0.717) is 0 Å². The number of benzene rings is 2. The number of piperidine rings is 1. The predicted molar refractivity (Wildman–Crippen MR) is 145 cm³/mol. The fourth-order valence-electron chi connectivity index (χ4n) is 4.94. The maximum Gasteiger partial charge on any atom is 0.253 e. The number of rotatable bonds is 7. The van der Waals surface area contributed by atoms with Crippen molar-refractivity contribution >= 4 is 11.5 Å². The summed E-state index contributed by atoms with van der Waals surface area (Å²) in [4.78, 5) is 14.7. The van der Waals surface area contributed by atoms with Crippen LogP contribution in [-0.2, 0) is 6.42 Å². The Bertz CT molecular complexity index is 974. The molecule has 2 aliphatic heterocycles. The molecule has 4 nitrogen and oxygen atoms in total. The smallest absolute Gasteiger partial charge is 0.253 e. The summed E-state index contributed by atoms with van der Waals surface area (Å²) in [6, 6.07) is 14.7. The van der Waals surface area contributed by atoms with Gasteiger partial charge in [-0.25, -0.2) is 0 Å². The lowest BCUT2D eigenvalue weighted by Crippen LogP contribution is -2.46. The van der Waals surface area contributed by atoms with E-state index in [2.05, 4.69) is 48.6 Å². The standard InChI is InChI=1S/C28H36N2O2.C2H6.H2/c1-4-7-9-22-10-8-11-25-26(22)24(20-28(32-25)16-18-29-19-17-28)21-12-14-23(15-13-21)27(31)30(5-2)6-3;1-2;/h8,10-15,20,29H,4-7,9,16-19H2,1-3H3;1-2H3;1H. The fraction of sp³-hybridized carbons (Fsp3) is 0.500. The molecule has 1 N–H and O–H groups in total. The van der Waals surface area contributed by atoms with Gasteiger partial charge in [-0.05, 0) is 80.8 Å². The molecule has 4 heteroatoms. The van der Waals surface area contributed by atoms with E-state index in [4.69, 9.17) is 4.74 Å². The fourth-order valence-corrected chi connectivity index (χ4v) is 4.94. The lowest BCUT2D eigenvalue weighted by Gasteiger charge is -2.40. The molecule has 34 heavy (non-hydrogen) atoms. The second-order valence-corrected chi connectivity index (χ2v) is 8.92. The molecule has 2 aliphatic rings. The van der Waals surface area contributed by atoms with Crippen LogP contribution in [0.4, 0.5) is 0 Å². The van der Waals surface area contributed by atoms with Crippen LogP contribution in [0, 0.1) is 0 Å². The van der Waals surface area contributed by atoms with E-state index in [1.54, 1.807) is 0 Å². The van der Waals surface area contributed by atoms with Crippen molar-refractivity contribution in [2.75, 3.05) is 26.2 Å². The molecule has 2 aromatic rings. The minimum absolute atomic E-state index is 0. The van der Waals surface area contributed by atoms with Gasteiger partial charge in [0.2, 0.25) is 0 Å². The molecule has 1 saturated heterocycles. The first kappa shape index (κ1) is 26.0. The molecule has 0 bridgehead atoms. The van der Waals surface area contributed by atoms with Crippen LogP contribution in [0.2, 0.25) is 0 Å². The van der Waals surface area contributed by atoms with E-state index in [0.717, 1.165) is 68.7 Å². The van der Waals surface area contributed by atoms with Crippen molar-refractivity contribution in [1.82, 2.24) is 10.2 Å². The largest absolute Gasteiger partial charge is 0.482 e. The van der Waals surface area contributed by atoms with Gasteiger partial charge in [0.1, 0.15) is 11.4 Å². The summed E-state index contributed by atoms with van der Waals surface area (Å²) >= 11 is 0. The van der Waals surface area contributed by atoms with E-state index in [9.17, 15) is 4.79 Å². The Morgan fingerprint density at radius 3 is 2.32 bits per heavy atom. The zero-order valence-corrected chi connectivity index (χ0v) is 21.7. The van der Waals surface area contributed by atoms with Crippen molar-refractivity contribution in [3.8, 4) is 5.75 Å². The molecule has 0 aliphatic carbocycles. The molecule has 186 valence electrons. The molecule has 4 rings (SSSR count). The molecule has 2 heterocycles. The highest BCUT2D eigenvalue weighted by Gasteiger charge is 2.37. The van der Waals surface area contributed by atoms with Crippen LogP contribution in [0.3, 0.4) is 0 Å². The summed E-state index contributed by atoms with van der Waals surface area (Å²) in [5.41, 5.74) is 5.48. The zero-order valence-electron chi connectivity index (χ0n) is 21.7. The number of hydrogen-bond donors (Lipinski definition) is 1. The van der Waals surface area contributed by atoms with Gasteiger partial charge < -0.3 is 15.0 Å². The third-order valence-electron chi connectivity index (χ3n) is 6.85. The minimum atomic E-state index is -0.257. The Balaban J connectivity index is 0.00000140. The first-order valence-corrected chi connectivity index (χ1v) is 13.3. The highest BCUT2D eigenvalue weighted by atomic mass is 16.5. The summed E-state index contributed by atoms with van der Waals surface area (Å²) in [5.74, 6) is 1.10. The van der Waals surface area contributed by atoms with Crippen LogP contribution >= 0.6 is 0 Å². The molecule has 0 radical (unpaired) electrons. The van der Waals surface area contributed by atoms with Gasteiger partial charge in [0.05, 0.1) is 0 Å². The van der Waals surface area contributed by atoms with E-state index >= 15 is 0 Å². The van der Waals surface area contributed by atoms with E-state index in [1.165, 1.54) is 23.1 Å². The van der Waals surface area contributed by atoms with Gasteiger partial charge in [-0.2, -0.15) is 0 Å². The van der Waals surface area contributed by atoms with Crippen molar-refractivity contribution in [2.24, 2.45) is 0 Å². The van der Waals surface area contributed by atoms with Crippen LogP contribution in [0.5, 0.6) is 5.75 Å². The monoisotopic (exact) mass is 464 g/mol. The van der Waals surface area contributed by atoms with E-state index in [1.807, 2.05) is 44.7 Å². The van der Waals surface area contributed by atoms with E-state index in [-0.39, 0.29) is 12.9 Å². The Hall–Kier alpha value is -2.59. The number of fused-ring (bicyclic) bond motifs is 1. The molecule has 1 fully saturated rings. The maximum atomic E-state index is 12.8. The summed E-state index contributed by atoms with van der Waals surface area (Å²) in [5, 5.41) is 3.46. The lowest BCUT2D eigenvalue weighted by atomic mass is 9.81. The number of aryl methyl sites for hydroxylation is 1. The molecule has 0 atom stereocenters. The lowest BCUT2D eigenvalue weighted by molar-refractivity contribution is 0.0772. The number of nitrogens with one attached hydrogen (secondary N) is 1. The number of ether oxygens (including phenoxy) is 1. The molecule has 1 amide bonds. The Morgan fingerprint density at radius 1 is 1.03 bits per heavy atom. The Labute approximate surface area is 207 Å². The summed E-state index contributed by atoms with van der Waals surface area (Å²) in [6.07, 6.45) is 7.68. The van der Waals surface area contributed by atoms with Gasteiger partial charge in [0.25, 0.3) is 5.91 Å². The van der Waals surface area contributed by atoms with Gasteiger partial charge in [0.15, 0.2) is 0 Å². The average Bonchev–Trinajstić information content (AvgIpc) is 2.89. The van der Waals surface area contributed by atoms with Crippen LogP contribution in [-0.4, -0.2) is 42.6 Å². The summed E-state index contributed by atoms with van der Waals surface area (Å²) in [6.45, 7) is 13.7. The van der Waals surface area contributed by atoms with Crippen LogP contribution < -0.4 is 10.1 Å². The van der Waals surface area contributed by atoms with Gasteiger partial charge in [-0.1, -0.05) is 51.5 Å². The van der Waals surface area contributed by atoms with Gasteiger partial charge in [-0.3, -0.25) is 4.79 Å². The topological polar surface area (TPSA) is 41.6 Å². The molecule has 0 saturated carbocycles. The summed E-state index contributed by atoms with van der Waals surface area (Å²) < 4.78 is 6.68. The minimum Gasteiger partial charge on any atom is -0.482 e. The number of hydrogen-bond acceptors (Lipinski definition) is 3. The first-order chi connectivity index (χ1) is 16.6. The highest BCUT2D eigenvalue weighted by Crippen LogP contribution is 2.44. The van der Waals surface area contributed by atoms with Gasteiger partial charge in [-0.15, -0.1) is 0 Å². The number of unbranched alkanes of at least 4 members (excludes halogenated alkanes) is 1. The molecular formula is C30H44N2O2. The van der Waals surface area contributed by atoms with Crippen LogP contribution in [0.25, 0.3) is 5.57 Å². The van der Waals surface area contributed by atoms with Crippen molar-refractivity contribution in [1.29, 1.82) is 0 Å². The third kappa shape index (κ3) is 5.55. The van der Waals surface area contributed by atoms with Gasteiger partial charge in [0, 0.05) is 38.5 Å². The van der Waals surface area contributed by atoms with Crippen LogP contribution in [0.1, 0.15) is 88.8 Å². The molecule has 1 spiro atoms. The number of carbonyl (C=O) groups is 1. The number of amides is 1. The number of carbonyl (C=O) groups excluding carboxylic acids is 1. The van der Waals surface area contributed by atoms with Crippen molar-refractivity contribution < 1.29 is 11.0 Å². The second-order valence-electron chi connectivity index (χ2n) is 8.92. The molecular weight excluding hydrogens is 420 g/mol. The molecule has 0 aromatic heterocycles. The van der Waals surface area contributed by atoms with Crippen molar-refractivity contribution in [3.05, 3.63) is 70.8 Å². The zero-order chi connectivity index (χ0) is 24.6. The third-order valence-corrected chi connectivity index (χ3v) is 6.85. The second kappa shape index (κ2) is 12.2. The normalized spacial score (nSPS) is 16.0. The average molecular weight is 465 g/mol. The predicted octanol–water partition coefficient (Wildman–Crippen LogP) is 6.73. The molecule has 2 aromatic carbocycles. The molecule has 0 unspecified atom stereocenters. The SMILES string of the molecule is CC.CCCCc1cccc2c1C(c1ccc(C(=O)N(CC)CC)cc1)=CC1(CCNCC1)O2.[HH]. The Morgan fingerprint density at radius 2 is 1.71 bits per heavy atom. The maximum absolute atomic E-state index is 12.8. The number of nitrogens with zero attached hydrogens (tertiary/aromatic N) is 1. The van der Waals surface area contributed by atoms with Crippen molar-refractivity contribution in [2.45, 2.75) is 72.3 Å².